The average Bonchev–Trinajstić information content (AvgIpc) is 2.88. The first-order valence-electron chi connectivity index (χ1n) is 6.94. The third-order valence-corrected chi connectivity index (χ3v) is 4.12. The van der Waals surface area contributed by atoms with E-state index in [0.29, 0.717) is 0 Å². The highest BCUT2D eigenvalue weighted by Crippen LogP contribution is 2.19. The Morgan fingerprint density at radius 3 is 2.80 bits per heavy atom. The number of carbonyl (C=O) groups is 1. The maximum absolute atomic E-state index is 11.8. The number of rotatable bonds is 4. The number of hydrogen-bond donors (Lipinski definition) is 3. The Morgan fingerprint density at radius 2 is 2.20 bits per heavy atom. The van der Waals surface area contributed by atoms with Crippen LogP contribution in [0.3, 0.4) is 0 Å². The van der Waals surface area contributed by atoms with Crippen LogP contribution in [0.1, 0.15) is 38.4 Å². The Morgan fingerprint density at radius 1 is 1.50 bits per heavy atom. The van der Waals surface area contributed by atoms with Crippen molar-refractivity contribution >= 4 is 17.4 Å². The first-order valence-corrected chi connectivity index (χ1v) is 7.89. The molecule has 1 aromatic heterocycles. The lowest BCUT2D eigenvalue weighted by molar-refractivity contribution is -0.0402. The van der Waals surface area contributed by atoms with Crippen molar-refractivity contribution in [1.82, 2.24) is 10.6 Å². The molecule has 3 unspecified atom stereocenters. The number of ether oxygens (including phenoxy) is 1. The van der Waals surface area contributed by atoms with Crippen molar-refractivity contribution < 1.29 is 14.6 Å². The molecule has 2 amide bonds. The van der Waals surface area contributed by atoms with Crippen LogP contribution in [0.2, 0.25) is 0 Å². The molecule has 0 bridgehead atoms. The topological polar surface area (TPSA) is 70.6 Å². The van der Waals surface area contributed by atoms with Crippen LogP contribution in [-0.4, -0.2) is 35.9 Å². The summed E-state index contributed by atoms with van der Waals surface area (Å²) in [4.78, 5) is 11.8. The van der Waals surface area contributed by atoms with Gasteiger partial charge in [-0.1, -0.05) is 0 Å². The van der Waals surface area contributed by atoms with Gasteiger partial charge in [-0.15, -0.1) is 0 Å². The predicted molar refractivity (Wildman–Crippen MR) is 78.8 cm³/mol. The molecule has 1 aliphatic heterocycles. The van der Waals surface area contributed by atoms with Gasteiger partial charge in [0.25, 0.3) is 0 Å². The average molecular weight is 298 g/mol. The fourth-order valence-corrected chi connectivity index (χ4v) is 3.24. The fourth-order valence-electron chi connectivity index (χ4n) is 2.53. The molecule has 1 aromatic rings. The molecule has 112 valence electrons. The number of aliphatic hydroxyl groups excluding tert-OH is 1. The third-order valence-electron chi connectivity index (χ3n) is 3.42. The molecule has 0 radical (unpaired) electrons. The van der Waals surface area contributed by atoms with E-state index in [0.717, 1.165) is 18.4 Å². The summed E-state index contributed by atoms with van der Waals surface area (Å²) < 4.78 is 5.63. The second kappa shape index (κ2) is 7.06. The summed E-state index contributed by atoms with van der Waals surface area (Å²) >= 11 is 1.53. The maximum atomic E-state index is 11.8. The largest absolute Gasteiger partial charge is 0.387 e. The summed E-state index contributed by atoms with van der Waals surface area (Å²) in [6, 6.07) is 1.76. The lowest BCUT2D eigenvalue weighted by atomic mass is 10.0. The number of amides is 2. The molecule has 20 heavy (non-hydrogen) atoms. The number of urea groups is 1. The highest BCUT2D eigenvalue weighted by Gasteiger charge is 2.25. The molecule has 3 N–H and O–H groups in total. The molecule has 6 heteroatoms. The zero-order valence-electron chi connectivity index (χ0n) is 11.8. The van der Waals surface area contributed by atoms with E-state index in [1.807, 2.05) is 30.7 Å². The highest BCUT2D eigenvalue weighted by molar-refractivity contribution is 7.07. The summed E-state index contributed by atoms with van der Waals surface area (Å²) in [5.41, 5.74) is 0.837. The smallest absolute Gasteiger partial charge is 0.315 e. The van der Waals surface area contributed by atoms with Crippen LogP contribution >= 0.6 is 11.3 Å². The molecule has 1 saturated heterocycles. The van der Waals surface area contributed by atoms with E-state index < -0.39 is 6.10 Å². The van der Waals surface area contributed by atoms with E-state index in [-0.39, 0.29) is 30.8 Å². The van der Waals surface area contributed by atoms with Gasteiger partial charge in [-0.2, -0.15) is 11.3 Å². The van der Waals surface area contributed by atoms with Crippen molar-refractivity contribution in [3.63, 3.8) is 0 Å². The molecule has 0 aliphatic carbocycles. The Hall–Kier alpha value is -1.11. The van der Waals surface area contributed by atoms with Crippen molar-refractivity contribution in [2.24, 2.45) is 0 Å². The fraction of sp³-hybridized carbons (Fsp3) is 0.643. The van der Waals surface area contributed by atoms with Crippen molar-refractivity contribution in [2.45, 2.75) is 51.0 Å². The van der Waals surface area contributed by atoms with Crippen LogP contribution in [0.5, 0.6) is 0 Å². The minimum absolute atomic E-state index is 0.132. The lowest BCUT2D eigenvalue weighted by Crippen LogP contribution is -2.48. The number of carbonyl (C=O) groups excluding carboxylic acids is 1. The van der Waals surface area contributed by atoms with Gasteiger partial charge in [-0.05, 0) is 49.1 Å². The second-order valence-electron chi connectivity index (χ2n) is 5.35. The SMILES string of the molecule is CC1CC(NC(=O)NCC(O)c2ccsc2)CC(C)O1. The van der Waals surface area contributed by atoms with Crippen LogP contribution in [0.4, 0.5) is 4.79 Å². The number of aliphatic hydroxyl groups is 1. The molecular weight excluding hydrogens is 276 g/mol. The minimum Gasteiger partial charge on any atom is -0.387 e. The van der Waals surface area contributed by atoms with E-state index in [9.17, 15) is 9.90 Å². The lowest BCUT2D eigenvalue weighted by Gasteiger charge is -2.32. The molecule has 2 heterocycles. The van der Waals surface area contributed by atoms with Crippen molar-refractivity contribution in [3.05, 3.63) is 22.4 Å². The Labute approximate surface area is 123 Å². The van der Waals surface area contributed by atoms with Gasteiger partial charge in [0.1, 0.15) is 0 Å². The van der Waals surface area contributed by atoms with Gasteiger partial charge in [-0.3, -0.25) is 0 Å². The minimum atomic E-state index is -0.653. The summed E-state index contributed by atoms with van der Waals surface area (Å²) in [6.45, 7) is 4.25. The van der Waals surface area contributed by atoms with E-state index in [1.165, 1.54) is 11.3 Å². The van der Waals surface area contributed by atoms with E-state index in [2.05, 4.69) is 10.6 Å². The molecule has 0 saturated carbocycles. The van der Waals surface area contributed by atoms with Gasteiger partial charge < -0.3 is 20.5 Å². The van der Waals surface area contributed by atoms with Gasteiger partial charge in [0.2, 0.25) is 0 Å². The molecule has 5 nitrogen and oxygen atoms in total. The summed E-state index contributed by atoms with van der Waals surface area (Å²) in [6.07, 6.45) is 1.33. The molecule has 0 aromatic carbocycles. The number of nitrogens with one attached hydrogen (secondary N) is 2. The molecule has 2 rings (SSSR count). The zero-order valence-corrected chi connectivity index (χ0v) is 12.7. The van der Waals surface area contributed by atoms with E-state index in [1.54, 1.807) is 0 Å². The number of thiophene rings is 1. The van der Waals surface area contributed by atoms with Gasteiger partial charge in [0.15, 0.2) is 0 Å². The van der Waals surface area contributed by atoms with Gasteiger partial charge >= 0.3 is 6.03 Å². The van der Waals surface area contributed by atoms with Gasteiger partial charge in [0.05, 0.1) is 18.3 Å². The molecular formula is C14H22N2O3S. The summed E-state index contributed by atoms with van der Waals surface area (Å²) in [5.74, 6) is 0. The molecule has 3 atom stereocenters. The van der Waals surface area contributed by atoms with Crippen molar-refractivity contribution in [3.8, 4) is 0 Å². The summed E-state index contributed by atoms with van der Waals surface area (Å²) in [5, 5.41) is 19.3. The normalized spacial score (nSPS) is 27.9. The molecule has 1 fully saturated rings. The quantitative estimate of drug-likeness (QED) is 0.796. The Kier molecular flexibility index (Phi) is 5.39. The first kappa shape index (κ1) is 15.3. The molecule has 1 aliphatic rings. The van der Waals surface area contributed by atoms with Crippen molar-refractivity contribution in [1.29, 1.82) is 0 Å². The Bertz CT molecular complexity index is 414. The Balaban J connectivity index is 1.72. The first-order chi connectivity index (χ1) is 9.54. The van der Waals surface area contributed by atoms with Gasteiger partial charge in [0, 0.05) is 12.6 Å². The third kappa shape index (κ3) is 4.47. The zero-order chi connectivity index (χ0) is 14.5. The predicted octanol–water partition coefficient (Wildman–Crippen LogP) is 2.04. The second-order valence-corrected chi connectivity index (χ2v) is 6.13. The monoisotopic (exact) mass is 298 g/mol. The van der Waals surface area contributed by atoms with Crippen LogP contribution in [-0.2, 0) is 4.74 Å². The van der Waals surface area contributed by atoms with Crippen LogP contribution < -0.4 is 10.6 Å². The van der Waals surface area contributed by atoms with Crippen molar-refractivity contribution in [2.75, 3.05) is 6.54 Å². The van der Waals surface area contributed by atoms with Crippen LogP contribution in [0.25, 0.3) is 0 Å². The highest BCUT2D eigenvalue weighted by atomic mass is 32.1. The van der Waals surface area contributed by atoms with Gasteiger partial charge in [-0.25, -0.2) is 4.79 Å². The number of hydrogen-bond acceptors (Lipinski definition) is 4. The van der Waals surface area contributed by atoms with E-state index in [4.69, 9.17) is 4.74 Å². The maximum Gasteiger partial charge on any atom is 0.315 e. The van der Waals surface area contributed by atoms with Crippen LogP contribution in [0.15, 0.2) is 16.8 Å². The van der Waals surface area contributed by atoms with E-state index >= 15 is 0 Å². The standard InChI is InChI=1S/C14H22N2O3S/c1-9-5-12(6-10(2)19-9)16-14(18)15-7-13(17)11-3-4-20-8-11/h3-4,8-10,12-13,17H,5-7H2,1-2H3,(H2,15,16,18). The molecule has 0 spiro atoms. The summed E-state index contributed by atoms with van der Waals surface area (Å²) in [7, 11) is 0. The van der Waals surface area contributed by atoms with Crippen LogP contribution in [0, 0.1) is 0 Å².